The number of carbonyl (C=O) groups excluding carboxylic acids is 1. The summed E-state index contributed by atoms with van der Waals surface area (Å²) in [6.07, 6.45) is 6.58. The van der Waals surface area contributed by atoms with Crippen LogP contribution in [0.15, 0.2) is 60.9 Å². The van der Waals surface area contributed by atoms with Crippen LogP contribution in [0, 0.1) is 0 Å². The third kappa shape index (κ3) is 7.90. The number of methoxy groups -OCH3 is 1. The molecule has 6 heteroatoms. The number of hydrogen-bond acceptors (Lipinski definition) is 5. The van der Waals surface area contributed by atoms with Gasteiger partial charge in [0, 0.05) is 18.8 Å². The average Bonchev–Trinajstić information content (AvgIpc) is 2.83. The van der Waals surface area contributed by atoms with Gasteiger partial charge in [0.05, 0.1) is 13.2 Å². The number of esters is 1. The number of aromatic nitrogens is 1. The van der Waals surface area contributed by atoms with Crippen molar-refractivity contribution in [1.29, 1.82) is 0 Å². The van der Waals surface area contributed by atoms with E-state index in [1.54, 1.807) is 6.20 Å². The van der Waals surface area contributed by atoms with Crippen molar-refractivity contribution in [3.8, 4) is 5.75 Å². The second-order valence-corrected chi connectivity index (χ2v) is 15.4. The third-order valence-corrected chi connectivity index (χ3v) is 11.4. The molecule has 0 saturated carbocycles. The smallest absolute Gasteiger partial charge is 0.305 e. The second kappa shape index (κ2) is 11.8. The number of ether oxygens (including phenoxy) is 2. The lowest BCUT2D eigenvalue weighted by Gasteiger charge is -2.39. The number of carbonyl (C=O) groups is 1. The number of fused-ring (bicyclic) bond motifs is 1. The fourth-order valence-corrected chi connectivity index (χ4v) is 5.07. The van der Waals surface area contributed by atoms with Crippen LogP contribution in [0.2, 0.25) is 18.1 Å². The molecule has 0 spiro atoms. The van der Waals surface area contributed by atoms with Gasteiger partial charge in [0.25, 0.3) is 0 Å². The topological polar surface area (TPSA) is 57.7 Å². The Kier molecular flexibility index (Phi) is 9.08. The van der Waals surface area contributed by atoms with Gasteiger partial charge < -0.3 is 13.9 Å². The zero-order chi connectivity index (χ0) is 25.5. The van der Waals surface area contributed by atoms with Crippen LogP contribution in [0.25, 0.3) is 10.8 Å². The molecule has 3 rings (SSSR count). The first-order valence-electron chi connectivity index (χ1n) is 12.4. The lowest BCUT2D eigenvalue weighted by atomic mass is 10.0. The van der Waals surface area contributed by atoms with E-state index in [9.17, 15) is 4.79 Å². The predicted molar refractivity (Wildman–Crippen MR) is 144 cm³/mol. The molecule has 0 radical (unpaired) electrons. The minimum absolute atomic E-state index is 0.00694. The van der Waals surface area contributed by atoms with Crippen LogP contribution in [0.4, 0.5) is 0 Å². The molecular formula is C29H39NO4Si. The molecule has 5 nitrogen and oxygen atoms in total. The largest absolute Gasteiger partial charge is 0.491 e. The molecule has 0 aliphatic heterocycles. The van der Waals surface area contributed by atoms with Gasteiger partial charge in [0.1, 0.15) is 12.4 Å². The zero-order valence-electron chi connectivity index (χ0n) is 22.0. The Morgan fingerprint density at radius 2 is 1.74 bits per heavy atom. The SMILES string of the molecule is COC(=O)CCc1ccc2cc(OCC(CCc3cccnc3)O[Si](C)(C)C(C)(C)C)ccc2c1. The third-order valence-electron chi connectivity index (χ3n) is 6.90. The summed E-state index contributed by atoms with van der Waals surface area (Å²) in [4.78, 5) is 15.7. The molecule has 35 heavy (non-hydrogen) atoms. The first kappa shape index (κ1) is 26.9. The molecule has 0 fully saturated rings. The number of rotatable bonds is 11. The fraction of sp³-hybridized carbons (Fsp3) is 0.448. The number of benzene rings is 2. The van der Waals surface area contributed by atoms with Gasteiger partial charge in [-0.1, -0.05) is 51.1 Å². The van der Waals surface area contributed by atoms with Crippen molar-refractivity contribution >= 4 is 25.1 Å². The molecule has 0 aliphatic carbocycles. The van der Waals surface area contributed by atoms with Crippen LogP contribution in [-0.4, -0.2) is 39.1 Å². The van der Waals surface area contributed by atoms with Crippen molar-refractivity contribution < 1.29 is 18.7 Å². The Bertz CT molecular complexity index is 1110. The molecule has 2 aromatic carbocycles. The summed E-state index contributed by atoms with van der Waals surface area (Å²) in [5.74, 6) is 0.650. The number of aryl methyl sites for hydroxylation is 2. The predicted octanol–water partition coefficient (Wildman–Crippen LogP) is 6.74. The summed E-state index contributed by atoms with van der Waals surface area (Å²) in [5, 5.41) is 2.38. The lowest BCUT2D eigenvalue weighted by molar-refractivity contribution is -0.140. The molecule has 1 heterocycles. The van der Waals surface area contributed by atoms with Crippen LogP contribution in [0.5, 0.6) is 5.75 Å². The van der Waals surface area contributed by atoms with Gasteiger partial charge in [-0.15, -0.1) is 0 Å². The summed E-state index contributed by atoms with van der Waals surface area (Å²) in [5.41, 5.74) is 2.33. The van der Waals surface area contributed by atoms with Crippen molar-refractivity contribution in [2.45, 2.75) is 70.7 Å². The van der Waals surface area contributed by atoms with Crippen LogP contribution in [0.3, 0.4) is 0 Å². The first-order valence-corrected chi connectivity index (χ1v) is 15.3. The fourth-order valence-electron chi connectivity index (χ4n) is 3.70. The number of pyridine rings is 1. The average molecular weight is 494 g/mol. The van der Waals surface area contributed by atoms with Crippen molar-refractivity contribution in [2.24, 2.45) is 0 Å². The van der Waals surface area contributed by atoms with Gasteiger partial charge in [-0.3, -0.25) is 9.78 Å². The van der Waals surface area contributed by atoms with E-state index in [-0.39, 0.29) is 17.1 Å². The van der Waals surface area contributed by atoms with Gasteiger partial charge in [0.15, 0.2) is 8.32 Å². The van der Waals surface area contributed by atoms with Gasteiger partial charge in [0.2, 0.25) is 0 Å². The van der Waals surface area contributed by atoms with E-state index in [1.165, 1.54) is 12.7 Å². The maximum Gasteiger partial charge on any atom is 0.305 e. The van der Waals surface area contributed by atoms with E-state index in [1.807, 2.05) is 18.3 Å². The minimum atomic E-state index is -1.94. The van der Waals surface area contributed by atoms with Crippen molar-refractivity contribution in [3.05, 3.63) is 72.1 Å². The highest BCUT2D eigenvalue weighted by molar-refractivity contribution is 6.74. The van der Waals surface area contributed by atoms with Crippen LogP contribution >= 0.6 is 0 Å². The van der Waals surface area contributed by atoms with Crippen LogP contribution in [-0.2, 0) is 26.8 Å². The van der Waals surface area contributed by atoms with Crippen molar-refractivity contribution in [3.63, 3.8) is 0 Å². The van der Waals surface area contributed by atoms with E-state index < -0.39 is 8.32 Å². The minimum Gasteiger partial charge on any atom is -0.491 e. The molecule has 1 atom stereocenters. The van der Waals surface area contributed by atoms with E-state index >= 15 is 0 Å². The second-order valence-electron chi connectivity index (χ2n) is 10.6. The molecule has 0 N–H and O–H groups in total. The van der Waals surface area contributed by atoms with Crippen molar-refractivity contribution in [2.75, 3.05) is 13.7 Å². The first-order chi connectivity index (χ1) is 16.6. The molecule has 0 amide bonds. The summed E-state index contributed by atoms with van der Waals surface area (Å²) in [6, 6.07) is 16.5. The quantitative estimate of drug-likeness (QED) is 0.219. The van der Waals surface area contributed by atoms with E-state index in [0.29, 0.717) is 19.4 Å². The Morgan fingerprint density at radius 3 is 2.43 bits per heavy atom. The van der Waals surface area contributed by atoms with Crippen molar-refractivity contribution in [1.82, 2.24) is 4.98 Å². The molecule has 1 aromatic heterocycles. The summed E-state index contributed by atoms with van der Waals surface area (Å²) in [7, 11) is -0.520. The molecule has 0 saturated heterocycles. The number of nitrogens with zero attached hydrogens (tertiary/aromatic N) is 1. The highest BCUT2D eigenvalue weighted by Gasteiger charge is 2.39. The Hall–Kier alpha value is -2.70. The van der Waals surface area contributed by atoms with Gasteiger partial charge in [-0.05, 0) is 77.5 Å². The van der Waals surface area contributed by atoms with Gasteiger partial charge in [-0.25, -0.2) is 0 Å². The normalized spacial score (nSPS) is 13.0. The zero-order valence-corrected chi connectivity index (χ0v) is 23.0. The lowest BCUT2D eigenvalue weighted by Crippen LogP contribution is -2.45. The van der Waals surface area contributed by atoms with E-state index in [2.05, 4.69) is 75.2 Å². The highest BCUT2D eigenvalue weighted by Crippen LogP contribution is 2.38. The Labute approximate surface area is 211 Å². The van der Waals surface area contributed by atoms with Gasteiger partial charge in [-0.2, -0.15) is 0 Å². The molecule has 0 bridgehead atoms. The van der Waals surface area contributed by atoms with E-state index in [4.69, 9.17) is 13.9 Å². The maximum atomic E-state index is 11.4. The van der Waals surface area contributed by atoms with Gasteiger partial charge >= 0.3 is 5.97 Å². The van der Waals surface area contributed by atoms with Crippen LogP contribution in [0.1, 0.15) is 44.7 Å². The molecule has 0 aliphatic rings. The molecular weight excluding hydrogens is 454 g/mol. The maximum absolute atomic E-state index is 11.4. The summed E-state index contributed by atoms with van der Waals surface area (Å²) < 4.78 is 17.8. The summed E-state index contributed by atoms with van der Waals surface area (Å²) in [6.45, 7) is 11.9. The standard InChI is InChI=1S/C29H39NO4Si/c1-29(2,3)35(5,6)34-27(14-10-23-8-7-17-30-20-23)21-33-26-15-13-24-18-22(9-12-25(24)19-26)11-16-28(31)32-4/h7-9,12-13,15,17-20,27H,10-11,14,16,21H2,1-6H3. The Balaban J connectivity index is 1.68. The highest BCUT2D eigenvalue weighted by atomic mass is 28.4. The van der Waals surface area contributed by atoms with Crippen LogP contribution < -0.4 is 4.74 Å². The monoisotopic (exact) mass is 493 g/mol. The van der Waals surface area contributed by atoms with E-state index in [0.717, 1.165) is 34.9 Å². The molecule has 1 unspecified atom stereocenters. The number of hydrogen-bond donors (Lipinski definition) is 0. The Morgan fingerprint density at radius 1 is 1.00 bits per heavy atom. The molecule has 188 valence electrons. The summed E-state index contributed by atoms with van der Waals surface area (Å²) >= 11 is 0. The molecule has 3 aromatic rings.